The van der Waals surface area contributed by atoms with Crippen LogP contribution in [-0.2, 0) is 0 Å². The van der Waals surface area contributed by atoms with Gasteiger partial charge in [-0.05, 0) is 50.6 Å². The highest BCUT2D eigenvalue weighted by atomic mass is 16.5. The molecule has 2 rings (SSSR count). The van der Waals surface area contributed by atoms with E-state index in [0.29, 0.717) is 13.2 Å². The topological polar surface area (TPSA) is 32.8 Å². The summed E-state index contributed by atoms with van der Waals surface area (Å²) in [6, 6.07) is 3.96. The number of ketones is 1. The molecule has 1 aliphatic rings. The van der Waals surface area contributed by atoms with Crippen molar-refractivity contribution in [2.45, 2.75) is 27.7 Å². The predicted octanol–water partition coefficient (Wildman–Crippen LogP) is 2.52. The van der Waals surface area contributed by atoms with Gasteiger partial charge in [0, 0.05) is 26.2 Å². The minimum Gasteiger partial charge on any atom is -0.493 e. The Balaban J connectivity index is 2.07. The van der Waals surface area contributed by atoms with Crippen molar-refractivity contribution in [3.63, 3.8) is 0 Å². The molecule has 0 unspecified atom stereocenters. The first-order chi connectivity index (χ1) is 10.5. The van der Waals surface area contributed by atoms with E-state index in [0.717, 1.165) is 55.2 Å². The molecule has 1 fully saturated rings. The van der Waals surface area contributed by atoms with Crippen LogP contribution < -0.4 is 4.74 Å². The van der Waals surface area contributed by atoms with Crippen molar-refractivity contribution in [1.82, 2.24) is 9.80 Å². The van der Waals surface area contributed by atoms with Gasteiger partial charge < -0.3 is 9.64 Å². The largest absolute Gasteiger partial charge is 0.493 e. The molecule has 22 heavy (non-hydrogen) atoms. The van der Waals surface area contributed by atoms with Crippen LogP contribution in [-0.4, -0.2) is 61.5 Å². The van der Waals surface area contributed by atoms with Crippen molar-refractivity contribution >= 4 is 5.78 Å². The van der Waals surface area contributed by atoms with Gasteiger partial charge in [-0.1, -0.05) is 6.92 Å². The second-order valence-corrected chi connectivity index (χ2v) is 6.00. The lowest BCUT2D eigenvalue weighted by Crippen LogP contribution is -2.47. The van der Waals surface area contributed by atoms with Crippen LogP contribution in [0.5, 0.6) is 5.75 Å². The molecule has 1 aliphatic heterocycles. The Morgan fingerprint density at radius 3 is 2.23 bits per heavy atom. The molecule has 1 saturated heterocycles. The van der Waals surface area contributed by atoms with E-state index in [-0.39, 0.29) is 5.78 Å². The van der Waals surface area contributed by atoms with Gasteiger partial charge in [0.15, 0.2) is 5.78 Å². The van der Waals surface area contributed by atoms with Crippen molar-refractivity contribution < 1.29 is 9.53 Å². The Morgan fingerprint density at radius 1 is 1.05 bits per heavy atom. The molecule has 0 amide bonds. The van der Waals surface area contributed by atoms with E-state index in [9.17, 15) is 4.79 Å². The Kier molecular flexibility index (Phi) is 5.98. The fourth-order valence-corrected chi connectivity index (χ4v) is 2.83. The van der Waals surface area contributed by atoms with Gasteiger partial charge in [0.25, 0.3) is 0 Å². The molecule has 0 saturated carbocycles. The normalized spacial score (nSPS) is 16.7. The highest BCUT2D eigenvalue weighted by Crippen LogP contribution is 2.24. The molecule has 4 heteroatoms. The number of carbonyl (C=O) groups is 1. The van der Waals surface area contributed by atoms with Crippen LogP contribution in [0, 0.1) is 13.8 Å². The highest BCUT2D eigenvalue weighted by Gasteiger charge is 2.21. The summed E-state index contributed by atoms with van der Waals surface area (Å²) in [4.78, 5) is 17.4. The maximum Gasteiger partial charge on any atom is 0.180 e. The fraction of sp³-hybridized carbons (Fsp3) is 0.611. The second kappa shape index (κ2) is 7.75. The van der Waals surface area contributed by atoms with E-state index in [1.807, 2.05) is 26.0 Å². The summed E-state index contributed by atoms with van der Waals surface area (Å²) >= 11 is 0. The number of benzene rings is 1. The first-order valence-corrected chi connectivity index (χ1v) is 8.27. The molecule has 0 radical (unpaired) electrons. The lowest BCUT2D eigenvalue weighted by molar-refractivity contribution is 0.0855. The molecule has 1 aromatic carbocycles. The predicted molar refractivity (Wildman–Crippen MR) is 90.0 cm³/mol. The number of nitrogens with zero attached hydrogens (tertiary/aromatic N) is 2. The second-order valence-electron chi connectivity index (χ2n) is 6.00. The van der Waals surface area contributed by atoms with Crippen LogP contribution in [0.4, 0.5) is 0 Å². The van der Waals surface area contributed by atoms with Crippen LogP contribution in [0.3, 0.4) is 0 Å². The first kappa shape index (κ1) is 17.0. The van der Waals surface area contributed by atoms with Gasteiger partial charge in [0.1, 0.15) is 5.75 Å². The summed E-state index contributed by atoms with van der Waals surface area (Å²) in [5.41, 5.74) is 3.03. The van der Waals surface area contributed by atoms with Crippen molar-refractivity contribution in [3.05, 3.63) is 28.8 Å². The Bertz CT molecular complexity index is 520. The zero-order valence-electron chi connectivity index (χ0n) is 14.3. The molecular weight excluding hydrogens is 276 g/mol. The Morgan fingerprint density at radius 2 is 1.64 bits per heavy atom. The van der Waals surface area contributed by atoms with Gasteiger partial charge in [0.2, 0.25) is 0 Å². The summed E-state index contributed by atoms with van der Waals surface area (Å²) in [5.74, 6) is 0.888. The molecule has 0 aromatic heterocycles. The van der Waals surface area contributed by atoms with Crippen LogP contribution in [0.25, 0.3) is 0 Å². The number of likely N-dealkylation sites (N-methyl/N-ethyl adjacent to an activating group) is 1. The third-order valence-corrected chi connectivity index (χ3v) is 4.48. The molecule has 4 nitrogen and oxygen atoms in total. The monoisotopic (exact) mass is 304 g/mol. The number of ether oxygens (including phenoxy) is 1. The molecule has 1 aromatic rings. The quantitative estimate of drug-likeness (QED) is 0.756. The van der Waals surface area contributed by atoms with Crippen LogP contribution in [0.15, 0.2) is 12.1 Å². The maximum atomic E-state index is 12.7. The zero-order valence-corrected chi connectivity index (χ0v) is 14.3. The number of hydrogen-bond acceptors (Lipinski definition) is 4. The maximum absolute atomic E-state index is 12.7. The third kappa shape index (κ3) is 4.08. The molecule has 122 valence electrons. The van der Waals surface area contributed by atoms with Crippen molar-refractivity contribution in [3.8, 4) is 5.75 Å². The average Bonchev–Trinajstić information content (AvgIpc) is 2.51. The summed E-state index contributed by atoms with van der Waals surface area (Å²) < 4.78 is 5.67. The minimum atomic E-state index is 0.163. The van der Waals surface area contributed by atoms with Crippen LogP contribution >= 0.6 is 0 Å². The molecule has 1 heterocycles. The first-order valence-electron chi connectivity index (χ1n) is 8.27. The number of aryl methyl sites for hydroxylation is 2. The van der Waals surface area contributed by atoms with Gasteiger partial charge in [0.05, 0.1) is 18.7 Å². The van der Waals surface area contributed by atoms with Gasteiger partial charge in [-0.2, -0.15) is 0 Å². The molecule has 0 atom stereocenters. The molecule has 0 spiro atoms. The van der Waals surface area contributed by atoms with E-state index in [2.05, 4.69) is 23.6 Å². The Labute approximate surface area is 134 Å². The van der Waals surface area contributed by atoms with E-state index in [1.54, 1.807) is 0 Å². The standard InChI is InChI=1S/C18H28N2O2/c1-5-19-7-9-20(10-8-19)13-17(21)16-11-14(3)15(4)12-18(16)22-6-2/h11-12H,5-10,13H2,1-4H3. The lowest BCUT2D eigenvalue weighted by atomic mass is 10.0. The number of rotatable bonds is 6. The summed E-state index contributed by atoms with van der Waals surface area (Å²) in [6.07, 6.45) is 0. The van der Waals surface area contributed by atoms with E-state index < -0.39 is 0 Å². The molecule has 0 bridgehead atoms. The molecule has 0 aliphatic carbocycles. The van der Waals surface area contributed by atoms with Gasteiger partial charge in [-0.3, -0.25) is 9.69 Å². The van der Waals surface area contributed by atoms with Gasteiger partial charge in [-0.25, -0.2) is 0 Å². The van der Waals surface area contributed by atoms with Crippen molar-refractivity contribution in [2.75, 3.05) is 45.9 Å². The smallest absolute Gasteiger partial charge is 0.180 e. The lowest BCUT2D eigenvalue weighted by Gasteiger charge is -2.33. The number of hydrogen-bond donors (Lipinski definition) is 0. The van der Waals surface area contributed by atoms with E-state index >= 15 is 0 Å². The van der Waals surface area contributed by atoms with Gasteiger partial charge >= 0.3 is 0 Å². The average molecular weight is 304 g/mol. The van der Waals surface area contributed by atoms with E-state index in [4.69, 9.17) is 4.74 Å². The Hall–Kier alpha value is -1.39. The van der Waals surface area contributed by atoms with E-state index in [1.165, 1.54) is 0 Å². The van der Waals surface area contributed by atoms with Crippen LogP contribution in [0.2, 0.25) is 0 Å². The highest BCUT2D eigenvalue weighted by molar-refractivity contribution is 6.00. The number of piperazine rings is 1. The third-order valence-electron chi connectivity index (χ3n) is 4.48. The number of carbonyl (C=O) groups excluding carboxylic acids is 1. The molecule has 0 N–H and O–H groups in total. The number of Topliss-reactive ketones (excluding diaryl/α,β-unsaturated/α-hetero) is 1. The summed E-state index contributed by atoms with van der Waals surface area (Å²) in [6.45, 7) is 14.4. The van der Waals surface area contributed by atoms with Crippen LogP contribution in [0.1, 0.15) is 35.3 Å². The SMILES string of the molecule is CCOc1cc(C)c(C)cc1C(=O)CN1CCN(CC)CC1. The summed E-state index contributed by atoms with van der Waals surface area (Å²) in [5, 5.41) is 0. The van der Waals surface area contributed by atoms with Gasteiger partial charge in [-0.15, -0.1) is 0 Å². The molecular formula is C18H28N2O2. The van der Waals surface area contributed by atoms with Crippen molar-refractivity contribution in [1.29, 1.82) is 0 Å². The van der Waals surface area contributed by atoms with Crippen molar-refractivity contribution in [2.24, 2.45) is 0 Å². The summed E-state index contributed by atoms with van der Waals surface area (Å²) in [7, 11) is 0. The minimum absolute atomic E-state index is 0.163. The fourth-order valence-electron chi connectivity index (χ4n) is 2.83. The zero-order chi connectivity index (χ0) is 16.1.